The molecule has 1 N–H and O–H groups in total. The van der Waals surface area contributed by atoms with Crippen molar-refractivity contribution in [3.8, 4) is 0 Å². The SMILES string of the molecule is Cc1c[nH]c(=O)n1C(=O)c1ccc(S(C)(=O)=O)cc1. The lowest BCUT2D eigenvalue weighted by molar-refractivity contribution is 0.0954. The van der Waals surface area contributed by atoms with E-state index in [9.17, 15) is 18.0 Å². The molecule has 0 fully saturated rings. The van der Waals surface area contributed by atoms with Gasteiger partial charge in [-0.2, -0.15) is 0 Å². The first-order chi connectivity index (χ1) is 8.80. The van der Waals surface area contributed by atoms with Crippen LogP contribution < -0.4 is 5.69 Å². The first-order valence-corrected chi connectivity index (χ1v) is 7.31. The average Bonchev–Trinajstić information content (AvgIpc) is 2.67. The van der Waals surface area contributed by atoms with Gasteiger partial charge < -0.3 is 4.98 Å². The van der Waals surface area contributed by atoms with Crippen LogP contribution in [-0.2, 0) is 9.84 Å². The molecule has 0 saturated carbocycles. The number of hydrogen-bond acceptors (Lipinski definition) is 4. The molecule has 1 aromatic heterocycles. The highest BCUT2D eigenvalue weighted by molar-refractivity contribution is 7.90. The highest BCUT2D eigenvalue weighted by Gasteiger charge is 2.15. The maximum atomic E-state index is 12.1. The smallest absolute Gasteiger partial charge is 0.312 e. The average molecular weight is 280 g/mol. The number of carbonyl (C=O) groups excluding carboxylic acids is 1. The number of benzene rings is 1. The number of aryl methyl sites for hydroxylation is 1. The molecule has 0 aliphatic carbocycles. The Labute approximate surface area is 109 Å². The summed E-state index contributed by atoms with van der Waals surface area (Å²) < 4.78 is 23.6. The van der Waals surface area contributed by atoms with E-state index >= 15 is 0 Å². The van der Waals surface area contributed by atoms with Gasteiger partial charge >= 0.3 is 5.69 Å². The maximum absolute atomic E-state index is 12.1. The number of nitrogens with one attached hydrogen (secondary N) is 1. The van der Waals surface area contributed by atoms with Crippen molar-refractivity contribution in [1.29, 1.82) is 0 Å². The number of aromatic nitrogens is 2. The van der Waals surface area contributed by atoms with Crippen LogP contribution in [-0.4, -0.2) is 30.1 Å². The van der Waals surface area contributed by atoms with E-state index in [-0.39, 0.29) is 10.5 Å². The molecule has 100 valence electrons. The molecule has 0 saturated heterocycles. The zero-order valence-electron chi connectivity index (χ0n) is 10.4. The second-order valence-electron chi connectivity index (χ2n) is 4.17. The van der Waals surface area contributed by atoms with Crippen LogP contribution in [0.2, 0.25) is 0 Å². The summed E-state index contributed by atoms with van der Waals surface area (Å²) in [6.45, 7) is 1.63. The molecular formula is C12H12N2O4S. The molecule has 2 aromatic rings. The second kappa shape index (κ2) is 4.51. The molecule has 0 aliphatic heterocycles. The fraction of sp³-hybridized carbons (Fsp3) is 0.167. The number of sulfone groups is 1. The Balaban J connectivity index is 2.44. The fourth-order valence-electron chi connectivity index (χ4n) is 1.68. The minimum atomic E-state index is -3.30. The number of nitrogens with zero attached hydrogens (tertiary/aromatic N) is 1. The van der Waals surface area contributed by atoms with Crippen molar-refractivity contribution in [2.75, 3.05) is 6.26 Å². The molecular weight excluding hydrogens is 268 g/mol. The number of aromatic amines is 1. The van der Waals surface area contributed by atoms with Crippen molar-refractivity contribution in [3.05, 3.63) is 52.2 Å². The van der Waals surface area contributed by atoms with Crippen LogP contribution in [0.25, 0.3) is 0 Å². The van der Waals surface area contributed by atoms with E-state index in [0.717, 1.165) is 10.8 Å². The van der Waals surface area contributed by atoms with Crippen molar-refractivity contribution >= 4 is 15.7 Å². The molecule has 0 unspecified atom stereocenters. The Hall–Kier alpha value is -2.15. The Bertz CT molecular complexity index is 782. The van der Waals surface area contributed by atoms with Gasteiger partial charge in [0.25, 0.3) is 5.91 Å². The summed E-state index contributed by atoms with van der Waals surface area (Å²) in [6.07, 6.45) is 2.52. The number of rotatable bonds is 2. The quantitative estimate of drug-likeness (QED) is 0.871. The molecule has 0 spiro atoms. The van der Waals surface area contributed by atoms with E-state index in [1.54, 1.807) is 6.92 Å². The molecule has 7 heteroatoms. The van der Waals surface area contributed by atoms with Crippen molar-refractivity contribution < 1.29 is 13.2 Å². The van der Waals surface area contributed by atoms with E-state index in [1.807, 2.05) is 0 Å². The van der Waals surface area contributed by atoms with Gasteiger partial charge in [0.15, 0.2) is 9.84 Å². The molecule has 2 rings (SSSR count). The molecule has 0 aliphatic rings. The standard InChI is InChI=1S/C12H12N2O4S/c1-8-7-13-12(16)14(8)11(15)9-3-5-10(6-4-9)19(2,17)18/h3-7H,1-2H3,(H,13,16). The van der Waals surface area contributed by atoms with Gasteiger partial charge in [-0.25, -0.2) is 17.8 Å². The predicted octanol–water partition coefficient (Wildman–Crippen LogP) is 0.577. The van der Waals surface area contributed by atoms with Gasteiger partial charge in [-0.15, -0.1) is 0 Å². The van der Waals surface area contributed by atoms with Crippen molar-refractivity contribution in [2.45, 2.75) is 11.8 Å². The van der Waals surface area contributed by atoms with E-state index in [1.165, 1.54) is 30.5 Å². The van der Waals surface area contributed by atoms with E-state index in [4.69, 9.17) is 0 Å². The van der Waals surface area contributed by atoms with Crippen LogP contribution in [0.5, 0.6) is 0 Å². The Morgan fingerprint density at radius 1 is 1.21 bits per heavy atom. The molecule has 0 radical (unpaired) electrons. The lowest BCUT2D eigenvalue weighted by atomic mass is 10.2. The van der Waals surface area contributed by atoms with Crippen LogP contribution in [0.4, 0.5) is 0 Å². The summed E-state index contributed by atoms with van der Waals surface area (Å²) in [6, 6.07) is 5.46. The fourth-order valence-corrected chi connectivity index (χ4v) is 2.31. The maximum Gasteiger partial charge on any atom is 0.332 e. The zero-order chi connectivity index (χ0) is 14.2. The van der Waals surface area contributed by atoms with E-state index < -0.39 is 21.4 Å². The minimum Gasteiger partial charge on any atom is -0.312 e. The molecule has 19 heavy (non-hydrogen) atoms. The highest BCUT2D eigenvalue weighted by Crippen LogP contribution is 2.11. The van der Waals surface area contributed by atoms with Gasteiger partial charge in [0.1, 0.15) is 0 Å². The van der Waals surface area contributed by atoms with Crippen LogP contribution >= 0.6 is 0 Å². The highest BCUT2D eigenvalue weighted by atomic mass is 32.2. The van der Waals surface area contributed by atoms with Crippen molar-refractivity contribution in [3.63, 3.8) is 0 Å². The van der Waals surface area contributed by atoms with E-state index in [0.29, 0.717) is 5.69 Å². The largest absolute Gasteiger partial charge is 0.332 e. The Morgan fingerprint density at radius 2 is 1.79 bits per heavy atom. The second-order valence-corrected chi connectivity index (χ2v) is 6.19. The van der Waals surface area contributed by atoms with Gasteiger partial charge in [-0.3, -0.25) is 4.79 Å². The van der Waals surface area contributed by atoms with Gasteiger partial charge in [-0.1, -0.05) is 0 Å². The summed E-state index contributed by atoms with van der Waals surface area (Å²) in [5.74, 6) is -0.496. The van der Waals surface area contributed by atoms with Crippen LogP contribution in [0.3, 0.4) is 0 Å². The monoisotopic (exact) mass is 280 g/mol. The number of imidazole rings is 1. The Kier molecular flexibility index (Phi) is 3.15. The Morgan fingerprint density at radius 3 is 2.21 bits per heavy atom. The number of H-pyrrole nitrogens is 1. The summed E-state index contributed by atoms with van der Waals surface area (Å²) in [7, 11) is -3.30. The molecule has 6 nitrogen and oxygen atoms in total. The third-order valence-electron chi connectivity index (χ3n) is 2.69. The third kappa shape index (κ3) is 2.50. The predicted molar refractivity (Wildman–Crippen MR) is 69.1 cm³/mol. The van der Waals surface area contributed by atoms with Gasteiger partial charge in [0.2, 0.25) is 0 Å². The topological polar surface area (TPSA) is 89.0 Å². The van der Waals surface area contributed by atoms with Gasteiger partial charge in [-0.05, 0) is 31.2 Å². The van der Waals surface area contributed by atoms with Crippen molar-refractivity contribution in [1.82, 2.24) is 9.55 Å². The normalized spacial score (nSPS) is 11.5. The lowest BCUT2D eigenvalue weighted by Gasteiger charge is -2.04. The molecule has 1 aromatic carbocycles. The first-order valence-electron chi connectivity index (χ1n) is 5.42. The molecule has 0 atom stereocenters. The number of carbonyl (C=O) groups is 1. The number of hydrogen-bond donors (Lipinski definition) is 1. The summed E-state index contributed by atoms with van der Waals surface area (Å²) >= 11 is 0. The molecule has 1 heterocycles. The van der Waals surface area contributed by atoms with Crippen LogP contribution in [0.15, 0.2) is 40.2 Å². The van der Waals surface area contributed by atoms with Crippen LogP contribution in [0.1, 0.15) is 16.1 Å². The first kappa shape index (κ1) is 13.3. The lowest BCUT2D eigenvalue weighted by Crippen LogP contribution is -2.26. The summed E-state index contributed by atoms with van der Waals surface area (Å²) in [5.41, 5.74) is 0.217. The summed E-state index contributed by atoms with van der Waals surface area (Å²) in [4.78, 5) is 26.1. The summed E-state index contributed by atoms with van der Waals surface area (Å²) in [5, 5.41) is 0. The zero-order valence-corrected chi connectivity index (χ0v) is 11.2. The minimum absolute atomic E-state index is 0.127. The van der Waals surface area contributed by atoms with Crippen molar-refractivity contribution in [2.24, 2.45) is 0 Å². The van der Waals surface area contributed by atoms with Crippen LogP contribution in [0, 0.1) is 6.92 Å². The van der Waals surface area contributed by atoms with E-state index in [2.05, 4.69) is 4.98 Å². The van der Waals surface area contributed by atoms with Gasteiger partial charge in [0.05, 0.1) is 4.90 Å². The van der Waals surface area contributed by atoms with Gasteiger partial charge in [0, 0.05) is 23.7 Å². The third-order valence-corrected chi connectivity index (χ3v) is 3.82. The molecule has 0 bridgehead atoms. The molecule has 0 amide bonds.